The first-order valence-corrected chi connectivity index (χ1v) is 8.13. The van der Waals surface area contributed by atoms with Gasteiger partial charge in [-0.05, 0) is 17.2 Å². The Hall–Kier alpha value is -3.15. The highest BCUT2D eigenvalue weighted by Crippen LogP contribution is 2.37. The zero-order valence-corrected chi connectivity index (χ0v) is 13.8. The lowest BCUT2D eigenvalue weighted by atomic mass is 9.88. The number of fused-ring (bicyclic) bond motifs is 1. The number of methoxy groups -OCH3 is 1. The predicted molar refractivity (Wildman–Crippen MR) is 93.6 cm³/mol. The number of aromatic nitrogens is 3. The van der Waals surface area contributed by atoms with E-state index in [9.17, 15) is 4.79 Å². The summed E-state index contributed by atoms with van der Waals surface area (Å²) in [5.74, 6) is 1.20. The zero-order chi connectivity index (χ0) is 17.2. The van der Waals surface area contributed by atoms with Crippen LogP contribution in [-0.4, -0.2) is 27.8 Å². The van der Waals surface area contributed by atoms with E-state index in [0.717, 1.165) is 16.7 Å². The Kier molecular flexibility index (Phi) is 3.93. The molecule has 0 saturated heterocycles. The third-order valence-corrected chi connectivity index (χ3v) is 4.37. The predicted octanol–water partition coefficient (Wildman–Crippen LogP) is 2.81. The maximum absolute atomic E-state index is 12.1. The van der Waals surface area contributed by atoms with E-state index in [1.165, 1.54) is 0 Å². The SMILES string of the molecule is COc1cncc(C2CC(=O)Nc3nn(Cc4ccccc4)cc32)c1. The fourth-order valence-corrected chi connectivity index (χ4v) is 3.15. The second-order valence-electron chi connectivity index (χ2n) is 6.08. The number of hydrogen-bond acceptors (Lipinski definition) is 4. The quantitative estimate of drug-likeness (QED) is 0.796. The average Bonchev–Trinajstić information content (AvgIpc) is 3.04. The highest BCUT2D eigenvalue weighted by molar-refractivity contribution is 5.94. The minimum Gasteiger partial charge on any atom is -0.495 e. The van der Waals surface area contributed by atoms with Gasteiger partial charge in [0.15, 0.2) is 5.82 Å². The molecule has 0 aliphatic carbocycles. The summed E-state index contributed by atoms with van der Waals surface area (Å²) in [6.45, 7) is 0.660. The normalized spacial score (nSPS) is 16.2. The van der Waals surface area contributed by atoms with Crippen molar-refractivity contribution in [3.05, 3.63) is 71.7 Å². The van der Waals surface area contributed by atoms with Crippen molar-refractivity contribution in [1.29, 1.82) is 0 Å². The van der Waals surface area contributed by atoms with E-state index in [-0.39, 0.29) is 11.8 Å². The summed E-state index contributed by atoms with van der Waals surface area (Å²) < 4.78 is 7.13. The van der Waals surface area contributed by atoms with Crippen molar-refractivity contribution in [2.24, 2.45) is 0 Å². The van der Waals surface area contributed by atoms with Gasteiger partial charge in [-0.15, -0.1) is 0 Å². The monoisotopic (exact) mass is 334 g/mol. The standard InChI is InChI=1S/C19H18N4O2/c1-25-15-7-14(9-20-10-15)16-8-18(24)21-19-17(16)12-23(22-19)11-13-5-3-2-4-6-13/h2-7,9-10,12,16H,8,11H2,1H3,(H,21,22,24). The van der Waals surface area contributed by atoms with Crippen molar-refractivity contribution >= 4 is 11.7 Å². The molecule has 1 amide bonds. The van der Waals surface area contributed by atoms with Gasteiger partial charge in [-0.1, -0.05) is 30.3 Å². The summed E-state index contributed by atoms with van der Waals surface area (Å²) in [6.07, 6.45) is 5.82. The lowest BCUT2D eigenvalue weighted by Crippen LogP contribution is -2.23. The second kappa shape index (κ2) is 6.39. The Balaban J connectivity index is 1.69. The Labute approximate surface area is 145 Å². The van der Waals surface area contributed by atoms with Crippen molar-refractivity contribution in [3.8, 4) is 5.75 Å². The molecule has 1 atom stereocenters. The fourth-order valence-electron chi connectivity index (χ4n) is 3.15. The van der Waals surface area contributed by atoms with E-state index in [2.05, 4.69) is 27.5 Å². The van der Waals surface area contributed by atoms with Gasteiger partial charge in [-0.25, -0.2) is 0 Å². The van der Waals surface area contributed by atoms with Crippen molar-refractivity contribution in [1.82, 2.24) is 14.8 Å². The molecule has 3 aromatic rings. The van der Waals surface area contributed by atoms with Crippen molar-refractivity contribution in [2.45, 2.75) is 18.9 Å². The number of nitrogens with zero attached hydrogens (tertiary/aromatic N) is 3. The van der Waals surface area contributed by atoms with Gasteiger partial charge in [-0.2, -0.15) is 5.10 Å². The molecule has 0 radical (unpaired) electrons. The summed E-state index contributed by atoms with van der Waals surface area (Å²) >= 11 is 0. The van der Waals surface area contributed by atoms with E-state index in [1.807, 2.05) is 35.1 Å². The lowest BCUT2D eigenvalue weighted by molar-refractivity contribution is -0.116. The van der Waals surface area contributed by atoms with Gasteiger partial charge in [0.1, 0.15) is 5.75 Å². The van der Waals surface area contributed by atoms with Gasteiger partial charge < -0.3 is 10.1 Å². The molecule has 1 aliphatic heterocycles. The first-order valence-electron chi connectivity index (χ1n) is 8.13. The van der Waals surface area contributed by atoms with Crippen molar-refractivity contribution in [2.75, 3.05) is 12.4 Å². The van der Waals surface area contributed by atoms with Crippen LogP contribution in [0.4, 0.5) is 5.82 Å². The van der Waals surface area contributed by atoms with Crippen LogP contribution in [0.25, 0.3) is 0 Å². The molecule has 4 rings (SSSR count). The number of anilines is 1. The molecule has 6 heteroatoms. The maximum Gasteiger partial charge on any atom is 0.226 e. The van der Waals surface area contributed by atoms with Crippen LogP contribution in [-0.2, 0) is 11.3 Å². The Bertz CT molecular complexity index is 905. The van der Waals surface area contributed by atoms with Gasteiger partial charge in [0.2, 0.25) is 5.91 Å². The largest absolute Gasteiger partial charge is 0.495 e. The number of nitrogens with one attached hydrogen (secondary N) is 1. The topological polar surface area (TPSA) is 69.0 Å². The van der Waals surface area contributed by atoms with Gasteiger partial charge >= 0.3 is 0 Å². The Morgan fingerprint density at radius 1 is 1.28 bits per heavy atom. The maximum atomic E-state index is 12.1. The smallest absolute Gasteiger partial charge is 0.226 e. The van der Waals surface area contributed by atoms with Crippen LogP contribution in [0.3, 0.4) is 0 Å². The molecule has 0 saturated carbocycles. The second-order valence-corrected chi connectivity index (χ2v) is 6.08. The molecular weight excluding hydrogens is 316 g/mol. The van der Waals surface area contributed by atoms with Crippen molar-refractivity contribution in [3.63, 3.8) is 0 Å². The van der Waals surface area contributed by atoms with E-state index in [1.54, 1.807) is 19.5 Å². The fraction of sp³-hybridized carbons (Fsp3) is 0.211. The Morgan fingerprint density at radius 3 is 2.92 bits per heavy atom. The number of carbonyl (C=O) groups is 1. The molecular formula is C19H18N4O2. The number of benzene rings is 1. The summed E-state index contributed by atoms with van der Waals surface area (Å²) in [6, 6.07) is 12.0. The van der Waals surface area contributed by atoms with Gasteiger partial charge in [0.05, 0.1) is 19.9 Å². The van der Waals surface area contributed by atoms with E-state index in [0.29, 0.717) is 24.5 Å². The van der Waals surface area contributed by atoms with E-state index >= 15 is 0 Å². The highest BCUT2D eigenvalue weighted by atomic mass is 16.5. The molecule has 2 aromatic heterocycles. The third kappa shape index (κ3) is 3.10. The minimum absolute atomic E-state index is 0.0368. The van der Waals surface area contributed by atoms with Crippen LogP contribution in [0.1, 0.15) is 29.0 Å². The van der Waals surface area contributed by atoms with E-state index in [4.69, 9.17) is 4.74 Å². The summed E-state index contributed by atoms with van der Waals surface area (Å²) in [4.78, 5) is 16.3. The summed E-state index contributed by atoms with van der Waals surface area (Å²) in [5, 5.41) is 7.42. The number of ether oxygens (including phenoxy) is 1. The number of amides is 1. The molecule has 0 spiro atoms. The number of pyridine rings is 1. The molecule has 3 heterocycles. The average molecular weight is 334 g/mol. The molecule has 1 unspecified atom stereocenters. The number of rotatable bonds is 4. The number of carbonyl (C=O) groups excluding carboxylic acids is 1. The van der Waals surface area contributed by atoms with Crippen LogP contribution in [0.2, 0.25) is 0 Å². The molecule has 25 heavy (non-hydrogen) atoms. The van der Waals surface area contributed by atoms with E-state index < -0.39 is 0 Å². The highest BCUT2D eigenvalue weighted by Gasteiger charge is 2.29. The first-order chi connectivity index (χ1) is 12.2. The molecule has 1 aromatic carbocycles. The van der Waals surface area contributed by atoms with Crippen LogP contribution in [0.5, 0.6) is 5.75 Å². The summed E-state index contributed by atoms with van der Waals surface area (Å²) in [5.41, 5.74) is 3.12. The molecule has 1 aliphatic rings. The molecule has 1 N–H and O–H groups in total. The van der Waals surface area contributed by atoms with Gasteiger partial charge in [-0.3, -0.25) is 14.5 Å². The summed E-state index contributed by atoms with van der Waals surface area (Å²) in [7, 11) is 1.61. The van der Waals surface area contributed by atoms with Crippen LogP contribution in [0.15, 0.2) is 55.0 Å². The van der Waals surface area contributed by atoms with Crippen LogP contribution >= 0.6 is 0 Å². The number of hydrogen-bond donors (Lipinski definition) is 1. The van der Waals surface area contributed by atoms with Crippen LogP contribution < -0.4 is 10.1 Å². The van der Waals surface area contributed by atoms with Gasteiger partial charge in [0.25, 0.3) is 0 Å². The molecule has 0 fully saturated rings. The third-order valence-electron chi connectivity index (χ3n) is 4.37. The lowest BCUT2D eigenvalue weighted by Gasteiger charge is -2.21. The zero-order valence-electron chi connectivity index (χ0n) is 13.8. The molecule has 6 nitrogen and oxygen atoms in total. The molecule has 0 bridgehead atoms. The van der Waals surface area contributed by atoms with Gasteiger partial charge in [0, 0.05) is 30.3 Å². The first kappa shape index (κ1) is 15.4. The Morgan fingerprint density at radius 2 is 2.12 bits per heavy atom. The molecule has 126 valence electrons. The van der Waals surface area contributed by atoms with Crippen molar-refractivity contribution < 1.29 is 9.53 Å². The minimum atomic E-state index is -0.0733. The van der Waals surface area contributed by atoms with Crippen LogP contribution in [0, 0.1) is 0 Å².